The van der Waals surface area contributed by atoms with Crippen LogP contribution >= 0.6 is 11.6 Å². The predicted molar refractivity (Wildman–Crippen MR) is 72.0 cm³/mol. The van der Waals surface area contributed by atoms with Crippen molar-refractivity contribution in [2.75, 3.05) is 12.4 Å². The number of alkyl halides is 1. The monoisotopic (exact) mass is 253 g/mol. The normalized spacial score (nSPS) is 12.2. The topological polar surface area (TPSA) is 20.3 Å². The Balaban J connectivity index is 2.69. The molecule has 0 saturated carbocycles. The smallest absolute Gasteiger partial charge is 0.226 e. The van der Waals surface area contributed by atoms with Crippen LogP contribution in [0.4, 0.5) is 0 Å². The molecule has 94 valence electrons. The number of halogens is 1. The van der Waals surface area contributed by atoms with Crippen LogP contribution < -0.4 is 0 Å². The van der Waals surface area contributed by atoms with Crippen molar-refractivity contribution in [2.24, 2.45) is 5.92 Å². The first-order valence-electron chi connectivity index (χ1n) is 6.07. The molecule has 1 unspecified atom stereocenters. The van der Waals surface area contributed by atoms with E-state index in [9.17, 15) is 4.79 Å². The number of carbonyl (C=O) groups excluding carboxylic acids is 1. The van der Waals surface area contributed by atoms with Crippen LogP contribution in [0.15, 0.2) is 30.3 Å². The van der Waals surface area contributed by atoms with Gasteiger partial charge in [0, 0.05) is 24.9 Å². The molecule has 2 nitrogen and oxygen atoms in total. The standard InChI is InChI=1S/C14H20ClNO/c1-3-9-16(14(17)12(2)10-15)11-13-7-5-4-6-8-13/h4-8,12H,3,9-11H2,1-2H3. The average Bonchev–Trinajstić information content (AvgIpc) is 2.37. The first kappa shape index (κ1) is 14.0. The minimum absolute atomic E-state index is 0.105. The van der Waals surface area contributed by atoms with E-state index in [4.69, 9.17) is 11.6 Å². The van der Waals surface area contributed by atoms with Gasteiger partial charge in [0.2, 0.25) is 5.91 Å². The molecule has 1 rings (SSSR count). The molecule has 0 aliphatic heterocycles. The quantitative estimate of drug-likeness (QED) is 0.713. The minimum Gasteiger partial charge on any atom is -0.338 e. The largest absolute Gasteiger partial charge is 0.338 e. The van der Waals surface area contributed by atoms with Crippen LogP contribution in [0.1, 0.15) is 25.8 Å². The fourth-order valence-corrected chi connectivity index (χ4v) is 1.85. The van der Waals surface area contributed by atoms with E-state index in [-0.39, 0.29) is 11.8 Å². The molecule has 0 heterocycles. The molecule has 0 aliphatic carbocycles. The van der Waals surface area contributed by atoms with Crippen LogP contribution in [0.25, 0.3) is 0 Å². The molecule has 0 aromatic heterocycles. The van der Waals surface area contributed by atoms with Gasteiger partial charge in [-0.3, -0.25) is 4.79 Å². The summed E-state index contributed by atoms with van der Waals surface area (Å²) < 4.78 is 0. The number of carbonyl (C=O) groups is 1. The number of hydrogen-bond acceptors (Lipinski definition) is 1. The maximum absolute atomic E-state index is 12.1. The summed E-state index contributed by atoms with van der Waals surface area (Å²) in [5.41, 5.74) is 1.16. The lowest BCUT2D eigenvalue weighted by molar-refractivity contribution is -0.135. The zero-order valence-electron chi connectivity index (χ0n) is 10.5. The van der Waals surface area contributed by atoms with Gasteiger partial charge in [0.1, 0.15) is 0 Å². The molecule has 0 saturated heterocycles. The molecular formula is C14H20ClNO. The van der Waals surface area contributed by atoms with E-state index >= 15 is 0 Å². The van der Waals surface area contributed by atoms with Crippen LogP contribution in [0, 0.1) is 5.92 Å². The third-order valence-corrected chi connectivity index (χ3v) is 3.14. The lowest BCUT2D eigenvalue weighted by Gasteiger charge is -2.24. The molecule has 0 bridgehead atoms. The summed E-state index contributed by atoms with van der Waals surface area (Å²) in [6.45, 7) is 5.42. The average molecular weight is 254 g/mol. The second-order valence-electron chi connectivity index (χ2n) is 4.30. The van der Waals surface area contributed by atoms with Gasteiger partial charge in [0.25, 0.3) is 0 Å². The maximum Gasteiger partial charge on any atom is 0.226 e. The van der Waals surface area contributed by atoms with E-state index in [1.165, 1.54) is 0 Å². The zero-order chi connectivity index (χ0) is 12.7. The number of rotatable bonds is 6. The van der Waals surface area contributed by atoms with Crippen molar-refractivity contribution in [2.45, 2.75) is 26.8 Å². The van der Waals surface area contributed by atoms with Gasteiger partial charge in [-0.05, 0) is 12.0 Å². The molecule has 3 heteroatoms. The third-order valence-electron chi connectivity index (χ3n) is 2.67. The van der Waals surface area contributed by atoms with Gasteiger partial charge in [-0.2, -0.15) is 0 Å². The maximum atomic E-state index is 12.1. The van der Waals surface area contributed by atoms with Crippen molar-refractivity contribution in [3.63, 3.8) is 0 Å². The Morgan fingerprint density at radius 3 is 2.53 bits per heavy atom. The van der Waals surface area contributed by atoms with Gasteiger partial charge >= 0.3 is 0 Å². The predicted octanol–water partition coefficient (Wildman–Crippen LogP) is 3.30. The fraction of sp³-hybridized carbons (Fsp3) is 0.500. The summed E-state index contributed by atoms with van der Waals surface area (Å²) in [6.07, 6.45) is 0.966. The minimum atomic E-state index is -0.105. The molecule has 0 fully saturated rings. The first-order chi connectivity index (χ1) is 8.19. The van der Waals surface area contributed by atoms with Crippen LogP contribution in [0.2, 0.25) is 0 Å². The zero-order valence-corrected chi connectivity index (χ0v) is 11.3. The Morgan fingerprint density at radius 2 is 2.00 bits per heavy atom. The van der Waals surface area contributed by atoms with E-state index in [1.807, 2.05) is 42.2 Å². The number of hydrogen-bond donors (Lipinski definition) is 0. The second-order valence-corrected chi connectivity index (χ2v) is 4.61. The van der Waals surface area contributed by atoms with Crippen molar-refractivity contribution in [1.29, 1.82) is 0 Å². The molecule has 0 N–H and O–H groups in total. The van der Waals surface area contributed by atoms with E-state index < -0.39 is 0 Å². The van der Waals surface area contributed by atoms with Gasteiger partial charge < -0.3 is 4.90 Å². The Hall–Kier alpha value is -1.02. The van der Waals surface area contributed by atoms with E-state index in [2.05, 4.69) is 6.92 Å². The van der Waals surface area contributed by atoms with E-state index in [1.54, 1.807) is 0 Å². The highest BCUT2D eigenvalue weighted by molar-refractivity contribution is 6.19. The van der Waals surface area contributed by atoms with Crippen molar-refractivity contribution in [3.8, 4) is 0 Å². The lowest BCUT2D eigenvalue weighted by atomic mass is 10.1. The highest BCUT2D eigenvalue weighted by atomic mass is 35.5. The van der Waals surface area contributed by atoms with Crippen molar-refractivity contribution < 1.29 is 4.79 Å². The summed E-state index contributed by atoms with van der Waals surface area (Å²) in [4.78, 5) is 14.0. The summed E-state index contributed by atoms with van der Waals surface area (Å²) in [6, 6.07) is 10.1. The Kier molecular flexibility index (Phi) is 6.06. The molecule has 0 radical (unpaired) electrons. The van der Waals surface area contributed by atoms with Crippen LogP contribution in [-0.2, 0) is 11.3 Å². The van der Waals surface area contributed by atoms with Crippen LogP contribution in [0.3, 0.4) is 0 Å². The molecule has 17 heavy (non-hydrogen) atoms. The van der Waals surface area contributed by atoms with Gasteiger partial charge in [-0.1, -0.05) is 44.2 Å². The van der Waals surface area contributed by atoms with Gasteiger partial charge in [-0.15, -0.1) is 11.6 Å². The summed E-state index contributed by atoms with van der Waals surface area (Å²) in [5, 5.41) is 0. The van der Waals surface area contributed by atoms with Gasteiger partial charge in [0.05, 0.1) is 0 Å². The van der Waals surface area contributed by atoms with Gasteiger partial charge in [-0.25, -0.2) is 0 Å². The highest BCUT2D eigenvalue weighted by Crippen LogP contribution is 2.10. The Bertz CT molecular complexity index is 339. The van der Waals surface area contributed by atoms with Gasteiger partial charge in [0.15, 0.2) is 0 Å². The SMILES string of the molecule is CCCN(Cc1ccccc1)C(=O)C(C)CCl. The van der Waals surface area contributed by atoms with E-state index in [0.717, 1.165) is 18.5 Å². The molecule has 1 atom stereocenters. The first-order valence-corrected chi connectivity index (χ1v) is 6.61. The second kappa shape index (κ2) is 7.33. The number of nitrogens with zero attached hydrogens (tertiary/aromatic N) is 1. The molecule has 1 amide bonds. The molecule has 0 aliphatic rings. The molecule has 1 aromatic rings. The molecular weight excluding hydrogens is 234 g/mol. The van der Waals surface area contributed by atoms with Crippen molar-refractivity contribution >= 4 is 17.5 Å². The van der Waals surface area contributed by atoms with E-state index in [0.29, 0.717) is 12.4 Å². The number of benzene rings is 1. The van der Waals surface area contributed by atoms with Crippen molar-refractivity contribution in [1.82, 2.24) is 4.90 Å². The molecule has 0 spiro atoms. The lowest BCUT2D eigenvalue weighted by Crippen LogP contribution is -2.35. The Labute approximate surface area is 109 Å². The number of amides is 1. The third kappa shape index (κ3) is 4.39. The van der Waals surface area contributed by atoms with Crippen molar-refractivity contribution in [3.05, 3.63) is 35.9 Å². The van der Waals surface area contributed by atoms with Crippen LogP contribution in [0.5, 0.6) is 0 Å². The Morgan fingerprint density at radius 1 is 1.35 bits per heavy atom. The molecule has 1 aromatic carbocycles. The summed E-state index contributed by atoms with van der Waals surface area (Å²) in [7, 11) is 0. The summed E-state index contributed by atoms with van der Waals surface area (Å²) >= 11 is 5.75. The fourth-order valence-electron chi connectivity index (χ4n) is 1.72. The summed E-state index contributed by atoms with van der Waals surface area (Å²) in [5.74, 6) is 0.422. The van der Waals surface area contributed by atoms with Crippen LogP contribution in [-0.4, -0.2) is 23.2 Å². The highest BCUT2D eigenvalue weighted by Gasteiger charge is 2.19.